The third-order valence-corrected chi connectivity index (χ3v) is 4.06. The van der Waals surface area contributed by atoms with Crippen molar-refractivity contribution in [2.75, 3.05) is 26.8 Å². The minimum atomic E-state index is -0.0156. The van der Waals surface area contributed by atoms with Crippen molar-refractivity contribution in [1.29, 1.82) is 0 Å². The molecule has 1 fully saturated rings. The summed E-state index contributed by atoms with van der Waals surface area (Å²) in [4.78, 5) is 18.2. The van der Waals surface area contributed by atoms with Crippen LogP contribution in [0.1, 0.15) is 35.2 Å². The van der Waals surface area contributed by atoms with Crippen LogP contribution in [0.25, 0.3) is 0 Å². The van der Waals surface area contributed by atoms with Gasteiger partial charge in [-0.05, 0) is 12.5 Å². The lowest BCUT2D eigenvalue weighted by atomic mass is 10.1. The number of ether oxygens (including phenoxy) is 1. The van der Waals surface area contributed by atoms with Gasteiger partial charge in [-0.1, -0.05) is 35.0 Å². The van der Waals surface area contributed by atoms with E-state index >= 15 is 0 Å². The lowest BCUT2D eigenvalue weighted by molar-refractivity contribution is -0.128. The van der Waals surface area contributed by atoms with Crippen LogP contribution in [0.3, 0.4) is 0 Å². The number of hydrogen-bond acceptors (Lipinski definition) is 5. The Morgan fingerprint density at radius 2 is 2.30 bits per heavy atom. The SMILES string of the molecule is COCCN1C[C@H](c2nc(Cc3cccc(C)c3)no2)CC1=O. The zero-order chi connectivity index (χ0) is 16.2. The van der Waals surface area contributed by atoms with E-state index in [9.17, 15) is 4.79 Å². The predicted octanol–water partition coefficient (Wildman–Crippen LogP) is 1.93. The molecule has 23 heavy (non-hydrogen) atoms. The highest BCUT2D eigenvalue weighted by molar-refractivity contribution is 5.79. The summed E-state index contributed by atoms with van der Waals surface area (Å²) in [5, 5.41) is 4.06. The number of aryl methyl sites for hydroxylation is 1. The molecule has 6 nitrogen and oxygen atoms in total. The standard InChI is InChI=1S/C17H21N3O3/c1-12-4-3-5-13(8-12)9-15-18-17(23-19-15)14-10-16(21)20(11-14)6-7-22-2/h3-5,8,14H,6-7,9-11H2,1-2H3/t14-/m1/s1. The normalized spacial score (nSPS) is 17.9. The number of nitrogens with zero attached hydrogens (tertiary/aromatic N) is 3. The Hall–Kier alpha value is -2.21. The van der Waals surface area contributed by atoms with Crippen LogP contribution in [0.2, 0.25) is 0 Å². The molecule has 6 heteroatoms. The van der Waals surface area contributed by atoms with Crippen molar-refractivity contribution in [3.8, 4) is 0 Å². The second-order valence-electron chi connectivity index (χ2n) is 5.95. The molecule has 0 radical (unpaired) electrons. The van der Waals surface area contributed by atoms with E-state index in [1.165, 1.54) is 5.56 Å². The minimum absolute atomic E-state index is 0.0156. The third kappa shape index (κ3) is 3.76. The Morgan fingerprint density at radius 3 is 3.09 bits per heavy atom. The van der Waals surface area contributed by atoms with E-state index < -0.39 is 0 Å². The van der Waals surface area contributed by atoms with Crippen molar-refractivity contribution in [1.82, 2.24) is 15.0 Å². The number of carbonyl (C=O) groups excluding carboxylic acids is 1. The van der Waals surface area contributed by atoms with E-state index in [1.807, 2.05) is 6.07 Å². The smallest absolute Gasteiger partial charge is 0.232 e. The number of likely N-dealkylation sites (tertiary alicyclic amines) is 1. The number of rotatable bonds is 6. The topological polar surface area (TPSA) is 68.5 Å². The van der Waals surface area contributed by atoms with Gasteiger partial charge >= 0.3 is 0 Å². The lowest BCUT2D eigenvalue weighted by Gasteiger charge is -2.14. The van der Waals surface area contributed by atoms with Gasteiger partial charge in [0, 0.05) is 33.0 Å². The Kier molecular flexibility index (Phi) is 4.71. The summed E-state index contributed by atoms with van der Waals surface area (Å²) in [6.07, 6.45) is 1.06. The van der Waals surface area contributed by atoms with Crippen LogP contribution in [0.4, 0.5) is 0 Å². The molecule has 0 spiro atoms. The second kappa shape index (κ2) is 6.91. The quantitative estimate of drug-likeness (QED) is 0.815. The molecule has 0 bridgehead atoms. The number of aromatic nitrogens is 2. The molecule has 2 aromatic rings. The Bertz CT molecular complexity index is 683. The molecule has 0 unspecified atom stereocenters. The second-order valence-corrected chi connectivity index (χ2v) is 5.95. The highest BCUT2D eigenvalue weighted by atomic mass is 16.5. The van der Waals surface area contributed by atoms with Crippen LogP contribution in [-0.4, -0.2) is 47.8 Å². The molecule has 1 saturated heterocycles. The van der Waals surface area contributed by atoms with Crippen LogP contribution < -0.4 is 0 Å². The number of hydrogen-bond donors (Lipinski definition) is 0. The highest BCUT2D eigenvalue weighted by Gasteiger charge is 2.33. The van der Waals surface area contributed by atoms with Gasteiger partial charge in [-0.15, -0.1) is 0 Å². The maximum Gasteiger partial charge on any atom is 0.232 e. The van der Waals surface area contributed by atoms with E-state index in [4.69, 9.17) is 9.26 Å². The minimum Gasteiger partial charge on any atom is -0.383 e. The van der Waals surface area contributed by atoms with Gasteiger partial charge in [-0.25, -0.2) is 0 Å². The molecule has 1 atom stereocenters. The molecule has 3 rings (SSSR count). The van der Waals surface area contributed by atoms with Crippen molar-refractivity contribution in [3.63, 3.8) is 0 Å². The summed E-state index contributed by atoms with van der Waals surface area (Å²) in [5.41, 5.74) is 2.36. The number of amides is 1. The summed E-state index contributed by atoms with van der Waals surface area (Å²) in [6.45, 7) is 3.83. The summed E-state index contributed by atoms with van der Waals surface area (Å²) in [5.74, 6) is 1.32. The Labute approximate surface area is 135 Å². The van der Waals surface area contributed by atoms with Gasteiger partial charge < -0.3 is 14.2 Å². The Balaban J connectivity index is 1.64. The van der Waals surface area contributed by atoms with Gasteiger partial charge in [0.2, 0.25) is 11.8 Å². The fourth-order valence-electron chi connectivity index (χ4n) is 2.86. The average molecular weight is 315 g/mol. The summed E-state index contributed by atoms with van der Waals surface area (Å²) >= 11 is 0. The monoisotopic (exact) mass is 315 g/mol. The molecule has 2 heterocycles. The molecule has 1 aliphatic rings. The maximum atomic E-state index is 12.0. The molecule has 1 aromatic heterocycles. The number of carbonyl (C=O) groups is 1. The first kappa shape index (κ1) is 15.7. The van der Waals surface area contributed by atoms with Crippen LogP contribution in [0.15, 0.2) is 28.8 Å². The molecule has 0 N–H and O–H groups in total. The molecule has 122 valence electrons. The summed E-state index contributed by atoms with van der Waals surface area (Å²) < 4.78 is 10.4. The van der Waals surface area contributed by atoms with Gasteiger partial charge in [0.25, 0.3) is 0 Å². The van der Waals surface area contributed by atoms with E-state index in [0.29, 0.717) is 44.3 Å². The Morgan fingerprint density at radius 1 is 1.43 bits per heavy atom. The first-order valence-electron chi connectivity index (χ1n) is 7.80. The van der Waals surface area contributed by atoms with Crippen LogP contribution >= 0.6 is 0 Å². The largest absolute Gasteiger partial charge is 0.383 e. The van der Waals surface area contributed by atoms with Gasteiger partial charge in [0.05, 0.1) is 12.5 Å². The predicted molar refractivity (Wildman–Crippen MR) is 84.1 cm³/mol. The van der Waals surface area contributed by atoms with Crippen LogP contribution in [0.5, 0.6) is 0 Å². The summed E-state index contributed by atoms with van der Waals surface area (Å²) in [7, 11) is 1.63. The molecule has 1 aliphatic heterocycles. The van der Waals surface area contributed by atoms with E-state index in [0.717, 1.165) is 5.56 Å². The van der Waals surface area contributed by atoms with Crippen molar-refractivity contribution < 1.29 is 14.1 Å². The van der Waals surface area contributed by atoms with E-state index in [1.54, 1.807) is 12.0 Å². The third-order valence-electron chi connectivity index (χ3n) is 4.06. The average Bonchev–Trinajstić information content (AvgIpc) is 3.12. The molecular weight excluding hydrogens is 294 g/mol. The first-order valence-corrected chi connectivity index (χ1v) is 7.80. The zero-order valence-corrected chi connectivity index (χ0v) is 13.5. The molecular formula is C17H21N3O3. The van der Waals surface area contributed by atoms with Crippen LogP contribution in [0, 0.1) is 6.92 Å². The molecule has 1 aromatic carbocycles. The fraction of sp³-hybridized carbons (Fsp3) is 0.471. The lowest BCUT2D eigenvalue weighted by Crippen LogP contribution is -2.28. The van der Waals surface area contributed by atoms with Gasteiger partial charge in [-0.3, -0.25) is 4.79 Å². The number of methoxy groups -OCH3 is 1. The molecule has 0 saturated carbocycles. The zero-order valence-electron chi connectivity index (χ0n) is 13.5. The highest BCUT2D eigenvalue weighted by Crippen LogP contribution is 2.27. The van der Waals surface area contributed by atoms with E-state index in [-0.39, 0.29) is 11.8 Å². The van der Waals surface area contributed by atoms with Crippen molar-refractivity contribution in [2.24, 2.45) is 0 Å². The maximum absolute atomic E-state index is 12.0. The molecule has 1 amide bonds. The number of benzene rings is 1. The van der Waals surface area contributed by atoms with Crippen molar-refractivity contribution in [3.05, 3.63) is 47.1 Å². The van der Waals surface area contributed by atoms with Gasteiger partial charge in [-0.2, -0.15) is 4.98 Å². The molecule has 0 aliphatic carbocycles. The van der Waals surface area contributed by atoms with E-state index in [2.05, 4.69) is 35.3 Å². The summed E-state index contributed by atoms with van der Waals surface area (Å²) in [6, 6.07) is 8.25. The van der Waals surface area contributed by atoms with Gasteiger partial charge in [0.1, 0.15) is 0 Å². The van der Waals surface area contributed by atoms with Crippen molar-refractivity contribution in [2.45, 2.75) is 25.7 Å². The first-order chi connectivity index (χ1) is 11.2. The van der Waals surface area contributed by atoms with Gasteiger partial charge in [0.15, 0.2) is 5.82 Å². The fourth-order valence-corrected chi connectivity index (χ4v) is 2.86. The van der Waals surface area contributed by atoms with Crippen LogP contribution in [-0.2, 0) is 16.0 Å². The van der Waals surface area contributed by atoms with Crippen molar-refractivity contribution >= 4 is 5.91 Å².